The number of nitrogens with zero attached hydrogens (tertiary/aromatic N) is 1. The molecule has 0 saturated heterocycles. The van der Waals surface area contributed by atoms with Crippen LogP contribution < -0.4 is 4.74 Å². The molecular formula is C15H16BrF4NO2. The van der Waals surface area contributed by atoms with Gasteiger partial charge in [0.25, 0.3) is 5.91 Å². The smallest absolute Gasteiger partial charge is 0.406 e. The van der Waals surface area contributed by atoms with E-state index in [0.29, 0.717) is 4.47 Å². The van der Waals surface area contributed by atoms with Crippen LogP contribution in [0.2, 0.25) is 0 Å². The van der Waals surface area contributed by atoms with Gasteiger partial charge in [-0.2, -0.15) is 13.2 Å². The molecule has 1 fully saturated rings. The average Bonchev–Trinajstić information content (AvgIpc) is 3.26. The van der Waals surface area contributed by atoms with Crippen LogP contribution in [0.5, 0.6) is 5.75 Å². The topological polar surface area (TPSA) is 29.5 Å². The Kier molecular flexibility index (Phi) is 5.54. The van der Waals surface area contributed by atoms with E-state index in [1.165, 1.54) is 6.07 Å². The number of carbonyl (C=O) groups is 1. The number of carbonyl (C=O) groups excluding carboxylic acids is 1. The number of alkyl halides is 3. The first-order valence-electron chi connectivity index (χ1n) is 7.11. The highest BCUT2D eigenvalue weighted by atomic mass is 79.9. The van der Waals surface area contributed by atoms with Gasteiger partial charge in [0.15, 0.2) is 6.61 Å². The quantitative estimate of drug-likeness (QED) is 0.674. The molecule has 1 saturated carbocycles. The summed E-state index contributed by atoms with van der Waals surface area (Å²) in [5.74, 6) is -0.917. The van der Waals surface area contributed by atoms with Crippen molar-refractivity contribution < 1.29 is 27.1 Å². The van der Waals surface area contributed by atoms with E-state index in [0.717, 1.165) is 29.9 Å². The van der Waals surface area contributed by atoms with Gasteiger partial charge in [0, 0.05) is 6.04 Å². The maximum Gasteiger partial charge on any atom is 0.406 e. The lowest BCUT2D eigenvalue weighted by atomic mass is 10.2. The molecule has 1 atom stereocenters. The standard InChI is InChI=1S/C15H16BrF4NO2/c1-9(10-2-3-10)21(8-15(18,19)20)14(22)7-23-13-5-4-11(17)6-12(13)16/h4-6,9-10H,2-3,7-8H2,1H3/t9-/m0/s1. The van der Waals surface area contributed by atoms with Crippen molar-refractivity contribution in [1.82, 2.24) is 4.90 Å². The molecule has 1 aliphatic carbocycles. The summed E-state index contributed by atoms with van der Waals surface area (Å²) in [6, 6.07) is 3.13. The van der Waals surface area contributed by atoms with Crippen molar-refractivity contribution >= 4 is 21.8 Å². The fourth-order valence-electron chi connectivity index (χ4n) is 2.30. The summed E-state index contributed by atoms with van der Waals surface area (Å²) in [6.07, 6.45) is -2.81. The van der Waals surface area contributed by atoms with E-state index >= 15 is 0 Å². The molecule has 1 aliphatic rings. The summed E-state index contributed by atoms with van der Waals surface area (Å²) in [7, 11) is 0. The van der Waals surface area contributed by atoms with Crippen molar-refractivity contribution in [3.8, 4) is 5.75 Å². The molecule has 2 rings (SSSR count). The molecular weight excluding hydrogens is 382 g/mol. The first kappa shape index (κ1) is 18.0. The van der Waals surface area contributed by atoms with Crippen LogP contribution in [-0.2, 0) is 4.79 Å². The van der Waals surface area contributed by atoms with Gasteiger partial charge in [-0.25, -0.2) is 4.39 Å². The predicted octanol–water partition coefficient (Wildman–Crippen LogP) is 4.16. The zero-order valence-corrected chi connectivity index (χ0v) is 14.0. The summed E-state index contributed by atoms with van der Waals surface area (Å²) in [6.45, 7) is -0.204. The van der Waals surface area contributed by atoms with Crippen LogP contribution in [0.15, 0.2) is 22.7 Å². The summed E-state index contributed by atoms with van der Waals surface area (Å²) in [5.41, 5.74) is 0. The second-order valence-corrected chi connectivity index (χ2v) is 6.43. The number of rotatable bonds is 6. The van der Waals surface area contributed by atoms with E-state index in [4.69, 9.17) is 4.74 Å². The van der Waals surface area contributed by atoms with E-state index in [-0.39, 0.29) is 11.7 Å². The van der Waals surface area contributed by atoms with Gasteiger partial charge in [-0.1, -0.05) is 0 Å². The van der Waals surface area contributed by atoms with Gasteiger partial charge < -0.3 is 9.64 Å². The highest BCUT2D eigenvalue weighted by molar-refractivity contribution is 9.10. The Hall–Kier alpha value is -1.31. The van der Waals surface area contributed by atoms with Crippen LogP contribution in [-0.4, -0.2) is 36.2 Å². The Morgan fingerprint density at radius 1 is 1.43 bits per heavy atom. The van der Waals surface area contributed by atoms with Gasteiger partial charge in [-0.15, -0.1) is 0 Å². The van der Waals surface area contributed by atoms with Crippen molar-refractivity contribution in [3.63, 3.8) is 0 Å². The van der Waals surface area contributed by atoms with Crippen molar-refractivity contribution in [2.75, 3.05) is 13.2 Å². The number of benzene rings is 1. The first-order valence-corrected chi connectivity index (χ1v) is 7.91. The lowest BCUT2D eigenvalue weighted by molar-refractivity contribution is -0.167. The molecule has 8 heteroatoms. The zero-order chi connectivity index (χ0) is 17.2. The van der Waals surface area contributed by atoms with Crippen LogP contribution >= 0.6 is 15.9 Å². The van der Waals surface area contributed by atoms with Gasteiger partial charge in [0.2, 0.25) is 0 Å². The van der Waals surface area contributed by atoms with Crippen molar-refractivity contribution in [3.05, 3.63) is 28.5 Å². The van der Waals surface area contributed by atoms with Crippen LogP contribution in [0.3, 0.4) is 0 Å². The Morgan fingerprint density at radius 2 is 2.09 bits per heavy atom. The van der Waals surface area contributed by atoms with Crippen LogP contribution in [0.1, 0.15) is 19.8 Å². The normalized spacial score (nSPS) is 16.1. The zero-order valence-electron chi connectivity index (χ0n) is 12.4. The molecule has 1 aromatic rings. The fourth-order valence-corrected chi connectivity index (χ4v) is 2.77. The van der Waals surface area contributed by atoms with Crippen LogP contribution in [0.4, 0.5) is 17.6 Å². The van der Waals surface area contributed by atoms with Crippen molar-refractivity contribution in [2.45, 2.75) is 32.0 Å². The molecule has 3 nitrogen and oxygen atoms in total. The largest absolute Gasteiger partial charge is 0.483 e. The number of amides is 1. The van der Waals surface area contributed by atoms with Crippen LogP contribution in [0, 0.1) is 11.7 Å². The van der Waals surface area contributed by atoms with Gasteiger partial charge in [-0.3, -0.25) is 4.79 Å². The lowest BCUT2D eigenvalue weighted by Crippen LogP contribution is -2.47. The lowest BCUT2D eigenvalue weighted by Gasteiger charge is -2.30. The second kappa shape index (κ2) is 7.07. The number of ether oxygens (including phenoxy) is 1. The molecule has 0 unspecified atom stereocenters. The van der Waals surface area contributed by atoms with E-state index in [9.17, 15) is 22.4 Å². The van der Waals surface area contributed by atoms with Gasteiger partial charge in [0.05, 0.1) is 4.47 Å². The Morgan fingerprint density at radius 3 is 2.61 bits per heavy atom. The molecule has 0 radical (unpaired) electrons. The summed E-state index contributed by atoms with van der Waals surface area (Å²) < 4.78 is 56.6. The number of hydrogen-bond acceptors (Lipinski definition) is 2. The third kappa shape index (κ3) is 5.37. The van der Waals surface area contributed by atoms with Crippen LogP contribution in [0.25, 0.3) is 0 Å². The average molecular weight is 398 g/mol. The van der Waals surface area contributed by atoms with Crippen molar-refractivity contribution in [1.29, 1.82) is 0 Å². The minimum atomic E-state index is -4.46. The molecule has 1 aromatic carbocycles. The maximum atomic E-state index is 13.0. The van der Waals surface area contributed by atoms with E-state index in [1.807, 2.05) is 0 Å². The van der Waals surface area contributed by atoms with E-state index < -0.39 is 37.1 Å². The minimum Gasteiger partial charge on any atom is -0.483 e. The molecule has 0 bridgehead atoms. The third-order valence-corrected chi connectivity index (χ3v) is 4.33. The summed E-state index contributed by atoms with van der Waals surface area (Å²) in [5, 5.41) is 0. The molecule has 1 amide bonds. The molecule has 0 N–H and O–H groups in total. The molecule has 0 aromatic heterocycles. The monoisotopic (exact) mass is 397 g/mol. The predicted molar refractivity (Wildman–Crippen MR) is 79.5 cm³/mol. The Balaban J connectivity index is 2.01. The Bertz CT molecular complexity index is 575. The van der Waals surface area contributed by atoms with E-state index in [1.54, 1.807) is 6.92 Å². The summed E-state index contributed by atoms with van der Waals surface area (Å²) >= 11 is 3.08. The van der Waals surface area contributed by atoms with Gasteiger partial charge in [0.1, 0.15) is 18.1 Å². The molecule has 0 heterocycles. The third-order valence-electron chi connectivity index (χ3n) is 3.71. The highest BCUT2D eigenvalue weighted by Gasteiger charge is 2.40. The van der Waals surface area contributed by atoms with E-state index in [2.05, 4.69) is 15.9 Å². The van der Waals surface area contributed by atoms with Gasteiger partial charge in [-0.05, 0) is 59.8 Å². The summed E-state index contributed by atoms with van der Waals surface area (Å²) in [4.78, 5) is 13.0. The fraction of sp³-hybridized carbons (Fsp3) is 0.533. The first-order chi connectivity index (χ1) is 10.7. The van der Waals surface area contributed by atoms with Crippen molar-refractivity contribution in [2.24, 2.45) is 5.92 Å². The molecule has 23 heavy (non-hydrogen) atoms. The maximum absolute atomic E-state index is 13.0. The highest BCUT2D eigenvalue weighted by Crippen LogP contribution is 2.36. The Labute approximate surface area is 139 Å². The number of halogens is 5. The molecule has 0 aliphatic heterocycles. The SMILES string of the molecule is C[C@@H](C1CC1)N(CC(F)(F)F)C(=O)COc1ccc(F)cc1Br. The number of hydrogen-bond donors (Lipinski definition) is 0. The second-order valence-electron chi connectivity index (χ2n) is 5.58. The minimum absolute atomic E-state index is 0.110. The van der Waals surface area contributed by atoms with Gasteiger partial charge >= 0.3 is 6.18 Å². The molecule has 0 spiro atoms. The molecule has 128 valence electrons.